The number of alkyl halides is 3. The van der Waals surface area contributed by atoms with Gasteiger partial charge in [-0.1, -0.05) is 18.6 Å². The number of likely N-dealkylation sites (N-methyl/N-ethyl adjacent to an activating group) is 1. The van der Waals surface area contributed by atoms with E-state index in [0.717, 1.165) is 38.0 Å². The molecule has 0 radical (unpaired) electrons. The zero-order chi connectivity index (χ0) is 22.2. The van der Waals surface area contributed by atoms with Gasteiger partial charge in [-0.05, 0) is 37.0 Å². The Labute approximate surface area is 203 Å². The van der Waals surface area contributed by atoms with Gasteiger partial charge in [-0.3, -0.25) is 4.79 Å². The van der Waals surface area contributed by atoms with Crippen LogP contribution >= 0.6 is 24.0 Å². The number of guanidine groups is 1. The number of amides is 1. The van der Waals surface area contributed by atoms with Gasteiger partial charge in [0.15, 0.2) is 5.96 Å². The molecule has 2 aliphatic carbocycles. The predicted molar refractivity (Wildman–Crippen MR) is 126 cm³/mol. The second kappa shape index (κ2) is 9.74. The average Bonchev–Trinajstić information content (AvgIpc) is 3.10. The topological polar surface area (TPSA) is 66.0 Å². The Balaban J connectivity index is 0.00000289. The van der Waals surface area contributed by atoms with E-state index in [9.17, 15) is 18.0 Å². The van der Waals surface area contributed by atoms with Crippen molar-refractivity contribution in [2.24, 2.45) is 16.3 Å². The summed E-state index contributed by atoms with van der Waals surface area (Å²) in [6, 6.07) is 5.38. The van der Waals surface area contributed by atoms with Gasteiger partial charge in [0, 0.05) is 38.1 Å². The van der Waals surface area contributed by atoms with Gasteiger partial charge in [0.2, 0.25) is 5.91 Å². The Hall–Kier alpha value is -1.56. The molecule has 1 spiro atoms. The molecule has 3 fully saturated rings. The highest BCUT2D eigenvalue weighted by molar-refractivity contribution is 14.0. The van der Waals surface area contributed by atoms with E-state index >= 15 is 0 Å². The fourth-order valence-electron chi connectivity index (χ4n) is 5.09. The standard InChI is InChI=1S/C22H29F3N4O2.HI/c1-29(2)17(30)13-27-20(26-12-14-5-3-6-15(11-14)22(23,24)25)28-18-16-7-10-31-19(16)21(18)8-4-9-21;/h3,5-6,11,16,18-19H,4,7-10,12-13H2,1-2H3,(H2,26,27,28);1H. The molecule has 1 heterocycles. The van der Waals surface area contributed by atoms with Crippen LogP contribution < -0.4 is 10.6 Å². The van der Waals surface area contributed by atoms with Crippen molar-refractivity contribution in [3.63, 3.8) is 0 Å². The van der Waals surface area contributed by atoms with Crippen molar-refractivity contribution in [2.75, 3.05) is 27.2 Å². The molecule has 1 aromatic rings. The van der Waals surface area contributed by atoms with Gasteiger partial charge in [-0.2, -0.15) is 13.2 Å². The van der Waals surface area contributed by atoms with E-state index in [0.29, 0.717) is 17.4 Å². The fourth-order valence-corrected chi connectivity index (χ4v) is 5.09. The third-order valence-electron chi connectivity index (χ3n) is 6.91. The van der Waals surface area contributed by atoms with Crippen LogP contribution in [0.5, 0.6) is 0 Å². The van der Waals surface area contributed by atoms with Crippen LogP contribution in [0.3, 0.4) is 0 Å². The lowest BCUT2D eigenvalue weighted by atomic mass is 9.46. The highest BCUT2D eigenvalue weighted by Gasteiger charge is 2.66. The number of aliphatic imine (C=N–C) groups is 1. The highest BCUT2D eigenvalue weighted by Crippen LogP contribution is 2.62. The number of halogens is 4. The van der Waals surface area contributed by atoms with Crippen molar-refractivity contribution in [2.45, 2.75) is 50.6 Å². The lowest BCUT2D eigenvalue weighted by molar-refractivity contribution is -0.171. The molecule has 2 N–H and O–H groups in total. The van der Waals surface area contributed by atoms with Gasteiger partial charge in [-0.15, -0.1) is 24.0 Å². The smallest absolute Gasteiger partial charge is 0.377 e. The number of carbonyl (C=O) groups is 1. The average molecular weight is 566 g/mol. The van der Waals surface area contributed by atoms with Crippen LogP contribution in [-0.2, 0) is 22.3 Å². The minimum Gasteiger partial charge on any atom is -0.377 e. The number of nitrogens with one attached hydrogen (secondary N) is 2. The predicted octanol–water partition coefficient (Wildman–Crippen LogP) is 3.40. The van der Waals surface area contributed by atoms with E-state index in [2.05, 4.69) is 15.6 Å². The largest absolute Gasteiger partial charge is 0.416 e. The minimum absolute atomic E-state index is 0. The molecule has 3 atom stereocenters. The summed E-state index contributed by atoms with van der Waals surface area (Å²) in [7, 11) is 3.35. The van der Waals surface area contributed by atoms with Crippen LogP contribution in [0.15, 0.2) is 29.3 Å². The Morgan fingerprint density at radius 2 is 2.06 bits per heavy atom. The Morgan fingerprint density at radius 3 is 2.69 bits per heavy atom. The first kappa shape index (κ1) is 25.1. The molecule has 3 aliphatic rings. The number of rotatable bonds is 5. The summed E-state index contributed by atoms with van der Waals surface area (Å²) >= 11 is 0. The van der Waals surface area contributed by atoms with Crippen LogP contribution in [0.25, 0.3) is 0 Å². The molecule has 2 saturated carbocycles. The van der Waals surface area contributed by atoms with Gasteiger partial charge in [0.1, 0.15) is 0 Å². The number of hydrogen-bond acceptors (Lipinski definition) is 3. The second-order valence-electron chi connectivity index (χ2n) is 8.96. The molecule has 178 valence electrons. The molecule has 1 aliphatic heterocycles. The number of hydrogen-bond donors (Lipinski definition) is 2. The van der Waals surface area contributed by atoms with E-state index < -0.39 is 11.7 Å². The number of fused-ring (bicyclic) bond motifs is 2. The first-order chi connectivity index (χ1) is 14.7. The first-order valence-corrected chi connectivity index (χ1v) is 10.7. The van der Waals surface area contributed by atoms with E-state index in [1.807, 2.05) is 0 Å². The molecule has 3 unspecified atom stereocenters. The van der Waals surface area contributed by atoms with Gasteiger partial charge < -0.3 is 20.3 Å². The number of carbonyl (C=O) groups excluding carboxylic acids is 1. The summed E-state index contributed by atoms with van der Waals surface area (Å²) < 4.78 is 45.0. The monoisotopic (exact) mass is 566 g/mol. The number of nitrogens with zero attached hydrogens (tertiary/aromatic N) is 2. The minimum atomic E-state index is -4.39. The maximum Gasteiger partial charge on any atom is 0.416 e. The van der Waals surface area contributed by atoms with Crippen molar-refractivity contribution in [3.8, 4) is 0 Å². The maximum absolute atomic E-state index is 13.0. The van der Waals surface area contributed by atoms with Crippen molar-refractivity contribution in [1.82, 2.24) is 15.5 Å². The quantitative estimate of drug-likeness (QED) is 0.326. The lowest BCUT2D eigenvalue weighted by Gasteiger charge is -2.63. The fraction of sp³-hybridized carbons (Fsp3) is 0.636. The third-order valence-corrected chi connectivity index (χ3v) is 6.91. The molecule has 1 amide bonds. The molecule has 1 saturated heterocycles. The number of ether oxygens (including phenoxy) is 1. The molecule has 6 nitrogen and oxygen atoms in total. The van der Waals surface area contributed by atoms with Crippen LogP contribution in [0.4, 0.5) is 13.2 Å². The summed E-state index contributed by atoms with van der Waals surface area (Å²) in [6.07, 6.45) is 0.256. The normalized spacial score (nSPS) is 25.8. The summed E-state index contributed by atoms with van der Waals surface area (Å²) in [4.78, 5) is 18.1. The zero-order valence-corrected chi connectivity index (χ0v) is 20.6. The van der Waals surface area contributed by atoms with Gasteiger partial charge in [0.05, 0.1) is 24.8 Å². The zero-order valence-electron chi connectivity index (χ0n) is 18.2. The molecular weight excluding hydrogens is 536 g/mol. The van der Waals surface area contributed by atoms with E-state index in [1.54, 1.807) is 20.2 Å². The first-order valence-electron chi connectivity index (χ1n) is 10.7. The molecule has 1 aromatic carbocycles. The van der Waals surface area contributed by atoms with Crippen LogP contribution in [-0.4, -0.2) is 56.2 Å². The summed E-state index contributed by atoms with van der Waals surface area (Å²) in [5, 5.41) is 6.56. The molecule has 0 bridgehead atoms. The Bertz CT molecular complexity index is 858. The van der Waals surface area contributed by atoms with Crippen LogP contribution in [0, 0.1) is 11.3 Å². The SMILES string of the molecule is CN(C)C(=O)CNC(=NCc1cccc(C(F)(F)F)c1)NC1C2CCOC2C12CCC2.I. The Kier molecular flexibility index (Phi) is 7.63. The Morgan fingerprint density at radius 1 is 1.31 bits per heavy atom. The third kappa shape index (κ3) is 4.85. The maximum atomic E-state index is 13.0. The lowest BCUT2D eigenvalue weighted by Crippen LogP contribution is -2.72. The van der Waals surface area contributed by atoms with E-state index in [4.69, 9.17) is 4.74 Å². The van der Waals surface area contributed by atoms with Crippen molar-refractivity contribution < 1.29 is 22.7 Å². The van der Waals surface area contributed by atoms with E-state index in [1.165, 1.54) is 17.4 Å². The van der Waals surface area contributed by atoms with Gasteiger partial charge >= 0.3 is 6.18 Å². The molecule has 32 heavy (non-hydrogen) atoms. The summed E-state index contributed by atoms with van der Waals surface area (Å²) in [5.74, 6) is 0.752. The summed E-state index contributed by atoms with van der Waals surface area (Å²) in [5.41, 5.74) is -0.113. The molecule has 10 heteroatoms. The van der Waals surface area contributed by atoms with Crippen LogP contribution in [0.1, 0.15) is 36.8 Å². The molecule has 4 rings (SSSR count). The molecular formula is C22H30F3IN4O2. The van der Waals surface area contributed by atoms with Gasteiger partial charge in [-0.25, -0.2) is 4.99 Å². The van der Waals surface area contributed by atoms with Crippen molar-refractivity contribution >= 4 is 35.8 Å². The molecule has 0 aromatic heterocycles. The highest BCUT2D eigenvalue weighted by atomic mass is 127. The van der Waals surface area contributed by atoms with Crippen molar-refractivity contribution in [3.05, 3.63) is 35.4 Å². The van der Waals surface area contributed by atoms with E-state index in [-0.39, 0.29) is 60.5 Å². The van der Waals surface area contributed by atoms with Crippen molar-refractivity contribution in [1.29, 1.82) is 0 Å². The second-order valence-corrected chi connectivity index (χ2v) is 8.96. The van der Waals surface area contributed by atoms with Crippen LogP contribution in [0.2, 0.25) is 0 Å². The van der Waals surface area contributed by atoms with Gasteiger partial charge in [0.25, 0.3) is 0 Å². The number of benzene rings is 1. The summed E-state index contributed by atoms with van der Waals surface area (Å²) in [6.45, 7) is 0.907.